The minimum atomic E-state index is -1.35. The van der Waals surface area contributed by atoms with E-state index < -0.39 is 35.0 Å². The number of hydrogen-bond acceptors (Lipinski definition) is 6. The van der Waals surface area contributed by atoms with Crippen LogP contribution in [0.15, 0.2) is 35.5 Å². The molecule has 0 N–H and O–H groups in total. The number of Topliss-reactive ketones (excluding diaryl/α,β-unsaturated/α-hetero) is 1. The quantitative estimate of drug-likeness (QED) is 0.418. The summed E-state index contributed by atoms with van der Waals surface area (Å²) >= 11 is 0. The van der Waals surface area contributed by atoms with Crippen LogP contribution >= 0.6 is 0 Å². The van der Waals surface area contributed by atoms with Crippen LogP contribution in [-0.2, 0) is 28.7 Å². The number of hydrogen-bond donors (Lipinski definition) is 0. The van der Waals surface area contributed by atoms with Gasteiger partial charge in [0.1, 0.15) is 0 Å². The summed E-state index contributed by atoms with van der Waals surface area (Å²) in [6.07, 6.45) is 10.3. The molecule has 6 nitrogen and oxygen atoms in total. The van der Waals surface area contributed by atoms with Crippen molar-refractivity contribution in [1.29, 1.82) is 0 Å². The molecule has 2 fully saturated rings. The zero-order valence-corrected chi connectivity index (χ0v) is 22.0. The lowest BCUT2D eigenvalue weighted by Gasteiger charge is -2.55. The predicted molar refractivity (Wildman–Crippen MR) is 131 cm³/mol. The molecular weight excluding hydrogens is 444 g/mol. The maximum atomic E-state index is 13.7. The fourth-order valence-corrected chi connectivity index (χ4v) is 7.20. The van der Waals surface area contributed by atoms with E-state index in [9.17, 15) is 19.2 Å². The third-order valence-electron chi connectivity index (χ3n) is 9.13. The van der Waals surface area contributed by atoms with Gasteiger partial charge < -0.3 is 9.47 Å². The Morgan fingerprint density at radius 2 is 1.83 bits per heavy atom. The van der Waals surface area contributed by atoms with E-state index in [0.717, 1.165) is 18.4 Å². The van der Waals surface area contributed by atoms with Crippen LogP contribution in [0.3, 0.4) is 0 Å². The number of esters is 2. The highest BCUT2D eigenvalue weighted by molar-refractivity contribution is 6.01. The lowest BCUT2D eigenvalue weighted by Crippen LogP contribution is -2.59. The number of allylic oxidation sites excluding steroid dienone is 6. The van der Waals surface area contributed by atoms with Gasteiger partial charge in [-0.1, -0.05) is 31.6 Å². The van der Waals surface area contributed by atoms with Gasteiger partial charge in [-0.15, -0.1) is 0 Å². The van der Waals surface area contributed by atoms with E-state index in [-0.39, 0.29) is 34.7 Å². The number of ether oxygens (including phenoxy) is 2. The van der Waals surface area contributed by atoms with Crippen LogP contribution in [0.5, 0.6) is 0 Å². The molecule has 0 radical (unpaired) electrons. The van der Waals surface area contributed by atoms with Gasteiger partial charge in [0, 0.05) is 17.8 Å². The summed E-state index contributed by atoms with van der Waals surface area (Å²) in [7, 11) is 0. The molecule has 4 aliphatic carbocycles. The van der Waals surface area contributed by atoms with Crippen LogP contribution in [0.1, 0.15) is 74.1 Å². The number of rotatable bonds is 4. The first kappa shape index (κ1) is 25.6. The Kier molecular flexibility index (Phi) is 6.05. The van der Waals surface area contributed by atoms with E-state index >= 15 is 0 Å². The molecule has 0 unspecified atom stereocenters. The van der Waals surface area contributed by atoms with Crippen LogP contribution in [0, 0.1) is 34.0 Å². The first-order valence-corrected chi connectivity index (χ1v) is 12.7. The summed E-state index contributed by atoms with van der Waals surface area (Å²) in [6, 6.07) is 0. The fourth-order valence-electron chi connectivity index (χ4n) is 7.20. The van der Waals surface area contributed by atoms with Crippen molar-refractivity contribution in [2.45, 2.75) is 79.8 Å². The van der Waals surface area contributed by atoms with Crippen molar-refractivity contribution in [3.05, 3.63) is 35.5 Å². The molecule has 0 aromatic heterocycles. The van der Waals surface area contributed by atoms with Crippen molar-refractivity contribution in [2.24, 2.45) is 34.0 Å². The van der Waals surface area contributed by atoms with Gasteiger partial charge in [-0.25, -0.2) is 0 Å². The van der Waals surface area contributed by atoms with Crippen LogP contribution in [-0.4, -0.2) is 35.7 Å². The average molecular weight is 483 g/mol. The lowest BCUT2D eigenvalue weighted by molar-refractivity contribution is -0.192. The van der Waals surface area contributed by atoms with Crippen molar-refractivity contribution in [2.75, 3.05) is 6.61 Å². The zero-order valence-electron chi connectivity index (χ0n) is 22.0. The normalized spacial score (nSPS) is 37.9. The maximum absolute atomic E-state index is 13.7. The molecule has 4 aliphatic rings. The predicted octanol–water partition coefficient (Wildman–Crippen LogP) is 4.92. The molecule has 0 aliphatic heterocycles. The number of ketones is 2. The molecule has 2 saturated carbocycles. The largest absolute Gasteiger partial charge is 0.458 e. The molecule has 6 atom stereocenters. The number of carbonyl (C=O) groups excluding carboxylic acids is 4. The third kappa shape index (κ3) is 3.84. The first-order chi connectivity index (χ1) is 16.2. The topological polar surface area (TPSA) is 86.7 Å². The lowest BCUT2D eigenvalue weighted by atomic mass is 9.49. The minimum absolute atomic E-state index is 0.0362. The summed E-state index contributed by atoms with van der Waals surface area (Å²) in [5.74, 6) is -0.701. The van der Waals surface area contributed by atoms with E-state index in [1.807, 2.05) is 6.08 Å². The molecule has 0 bridgehead atoms. The Morgan fingerprint density at radius 1 is 1.14 bits per heavy atom. The molecule has 0 heterocycles. The van der Waals surface area contributed by atoms with Gasteiger partial charge in [0.05, 0.1) is 5.41 Å². The Morgan fingerprint density at radius 3 is 2.46 bits per heavy atom. The van der Waals surface area contributed by atoms with E-state index in [1.165, 1.54) is 12.5 Å². The number of fused-ring (bicyclic) bond motifs is 5. The maximum Gasteiger partial charge on any atom is 0.312 e. The molecule has 0 aromatic rings. The van der Waals surface area contributed by atoms with Gasteiger partial charge in [-0.3, -0.25) is 19.2 Å². The van der Waals surface area contributed by atoms with Crippen LogP contribution in [0.2, 0.25) is 0 Å². The first-order valence-electron chi connectivity index (χ1n) is 12.7. The van der Waals surface area contributed by atoms with E-state index in [4.69, 9.17) is 9.47 Å². The minimum Gasteiger partial charge on any atom is -0.458 e. The second kappa shape index (κ2) is 8.28. The van der Waals surface area contributed by atoms with Gasteiger partial charge in [0.25, 0.3) is 0 Å². The molecule has 6 heteroatoms. The second-order valence-corrected chi connectivity index (χ2v) is 12.4. The standard InChI is InChI=1S/C29H38O6/c1-17-14-20-21(27(6)11-8-19(31)15-23(17)27)9-12-28(7)22(20)10-13-29(28,24(32)16-34-18(2)30)35-25(33)26(3,4)5/h8-9,11,15,17,20,22H,10,12-14,16H2,1-7H3/t17-,20+,22-,27+,28-,29-/m0/s1. The Balaban J connectivity index is 1.78. The van der Waals surface area contributed by atoms with Crippen molar-refractivity contribution >= 4 is 23.5 Å². The van der Waals surface area contributed by atoms with Crippen LogP contribution in [0.4, 0.5) is 0 Å². The molecule has 4 rings (SSSR count). The van der Waals surface area contributed by atoms with Gasteiger partial charge in [-0.2, -0.15) is 0 Å². The second-order valence-electron chi connectivity index (χ2n) is 12.4. The Hall–Kier alpha value is -2.50. The summed E-state index contributed by atoms with van der Waals surface area (Å²) in [6.45, 7) is 12.6. The molecular formula is C29H38O6. The highest BCUT2D eigenvalue weighted by Gasteiger charge is 2.67. The van der Waals surface area contributed by atoms with Gasteiger partial charge in [-0.05, 0) is 88.9 Å². The highest BCUT2D eigenvalue weighted by Crippen LogP contribution is 2.66. The van der Waals surface area contributed by atoms with Crippen molar-refractivity contribution in [3.8, 4) is 0 Å². The SMILES string of the molecule is CC(=O)OCC(=O)[C@@]1(OC(=O)C(C)(C)C)CC[C@H]2[C@@H]3C[C@H](C)C4=CC(=O)C=C[C@]4(C)C3=CC[C@@]21C. The molecule has 190 valence electrons. The molecule has 35 heavy (non-hydrogen) atoms. The van der Waals surface area contributed by atoms with Gasteiger partial charge in [0.2, 0.25) is 5.78 Å². The fraction of sp³-hybridized carbons (Fsp3) is 0.655. The third-order valence-corrected chi connectivity index (χ3v) is 9.13. The zero-order chi connectivity index (χ0) is 26.0. The summed E-state index contributed by atoms with van der Waals surface area (Å²) in [4.78, 5) is 50.5. The van der Waals surface area contributed by atoms with E-state index in [1.54, 1.807) is 32.9 Å². The van der Waals surface area contributed by atoms with Crippen LogP contribution in [0.25, 0.3) is 0 Å². The van der Waals surface area contributed by atoms with Gasteiger partial charge >= 0.3 is 11.9 Å². The van der Waals surface area contributed by atoms with Crippen molar-refractivity contribution < 1.29 is 28.7 Å². The number of carbonyl (C=O) groups is 4. The van der Waals surface area contributed by atoms with E-state index in [0.29, 0.717) is 12.8 Å². The molecule has 0 amide bonds. The average Bonchev–Trinajstić information content (AvgIpc) is 3.06. The van der Waals surface area contributed by atoms with E-state index in [2.05, 4.69) is 26.8 Å². The molecule has 0 spiro atoms. The highest BCUT2D eigenvalue weighted by atomic mass is 16.6. The van der Waals surface area contributed by atoms with Crippen LogP contribution < -0.4 is 0 Å². The molecule has 0 saturated heterocycles. The van der Waals surface area contributed by atoms with Crippen molar-refractivity contribution in [1.82, 2.24) is 0 Å². The van der Waals surface area contributed by atoms with Gasteiger partial charge in [0.15, 0.2) is 18.0 Å². The van der Waals surface area contributed by atoms with Crippen molar-refractivity contribution in [3.63, 3.8) is 0 Å². The molecule has 0 aromatic carbocycles. The summed E-state index contributed by atoms with van der Waals surface area (Å²) in [5.41, 5.74) is -0.593. The Labute approximate surface area is 208 Å². The Bertz CT molecular complexity index is 1070. The monoisotopic (exact) mass is 482 g/mol. The smallest absolute Gasteiger partial charge is 0.312 e. The summed E-state index contributed by atoms with van der Waals surface area (Å²) in [5, 5.41) is 0. The summed E-state index contributed by atoms with van der Waals surface area (Å²) < 4.78 is 11.3.